The largest absolute Gasteiger partial charge is 0.386 e. The van der Waals surface area contributed by atoms with Gasteiger partial charge in [0.2, 0.25) is 0 Å². The lowest BCUT2D eigenvalue weighted by Gasteiger charge is -2.12. The van der Waals surface area contributed by atoms with Crippen LogP contribution < -0.4 is 0 Å². The zero-order chi connectivity index (χ0) is 10.6. The second kappa shape index (κ2) is 5.12. The highest BCUT2D eigenvalue weighted by molar-refractivity contribution is 7.98. The molecule has 0 saturated heterocycles. The van der Waals surface area contributed by atoms with E-state index in [0.717, 1.165) is 10.5 Å². The van der Waals surface area contributed by atoms with Gasteiger partial charge < -0.3 is 5.11 Å². The third-order valence-electron chi connectivity index (χ3n) is 2.08. The van der Waals surface area contributed by atoms with E-state index < -0.39 is 12.1 Å². The molecule has 1 rings (SSSR count). The zero-order valence-corrected chi connectivity index (χ0v) is 8.99. The van der Waals surface area contributed by atoms with Gasteiger partial charge in [0.05, 0.1) is 0 Å². The molecule has 4 heteroatoms. The highest BCUT2D eigenvalue weighted by atomic mass is 32.2. The van der Waals surface area contributed by atoms with Gasteiger partial charge in [0.15, 0.2) is 0 Å². The second-order valence-electron chi connectivity index (χ2n) is 3.06. The topological polar surface area (TPSA) is 49.7 Å². The fourth-order valence-electron chi connectivity index (χ4n) is 1.14. The number of benzene rings is 1. The van der Waals surface area contributed by atoms with Crippen LogP contribution in [0.2, 0.25) is 0 Å². The van der Waals surface area contributed by atoms with Crippen LogP contribution in [0, 0.1) is 4.91 Å². The Morgan fingerprint density at radius 1 is 1.36 bits per heavy atom. The molecule has 0 saturated carbocycles. The zero-order valence-electron chi connectivity index (χ0n) is 8.18. The van der Waals surface area contributed by atoms with Crippen molar-refractivity contribution in [2.24, 2.45) is 5.18 Å². The number of nitroso groups, excluding NO2 is 1. The summed E-state index contributed by atoms with van der Waals surface area (Å²) in [6.07, 6.45) is 1.18. The molecule has 3 nitrogen and oxygen atoms in total. The maximum atomic E-state index is 10.2. The van der Waals surface area contributed by atoms with Crippen LogP contribution in [-0.4, -0.2) is 17.4 Å². The summed E-state index contributed by atoms with van der Waals surface area (Å²) in [7, 11) is 0. The highest BCUT2D eigenvalue weighted by Crippen LogP contribution is 2.22. The van der Waals surface area contributed by atoms with Gasteiger partial charge in [-0.1, -0.05) is 17.3 Å². The van der Waals surface area contributed by atoms with Gasteiger partial charge in [-0.05, 0) is 30.9 Å². The molecule has 76 valence electrons. The molecular formula is C10H13NO2S. The van der Waals surface area contributed by atoms with Crippen molar-refractivity contribution in [3.05, 3.63) is 34.7 Å². The van der Waals surface area contributed by atoms with Crippen LogP contribution >= 0.6 is 11.8 Å². The molecule has 0 aliphatic heterocycles. The van der Waals surface area contributed by atoms with Crippen LogP contribution in [-0.2, 0) is 0 Å². The molecule has 2 atom stereocenters. The molecule has 0 aromatic heterocycles. The van der Waals surface area contributed by atoms with Crippen LogP contribution in [0.1, 0.15) is 18.6 Å². The van der Waals surface area contributed by atoms with Crippen molar-refractivity contribution < 1.29 is 5.11 Å². The fraction of sp³-hybridized carbons (Fsp3) is 0.400. The minimum absolute atomic E-state index is 0.602. The Morgan fingerprint density at radius 3 is 2.36 bits per heavy atom. The average molecular weight is 211 g/mol. The molecule has 1 aromatic rings. The molecule has 0 aliphatic carbocycles. The molecule has 0 heterocycles. The molecule has 0 aliphatic rings. The molecule has 2 unspecified atom stereocenters. The molecule has 1 N–H and O–H groups in total. The number of nitrogens with zero attached hydrogens (tertiary/aromatic N) is 1. The molecule has 1 aromatic carbocycles. The number of hydrogen-bond acceptors (Lipinski definition) is 4. The van der Waals surface area contributed by atoms with E-state index in [0.29, 0.717) is 0 Å². The van der Waals surface area contributed by atoms with E-state index in [-0.39, 0.29) is 0 Å². The minimum Gasteiger partial charge on any atom is -0.386 e. The van der Waals surface area contributed by atoms with Gasteiger partial charge in [-0.15, -0.1) is 11.8 Å². The first-order valence-corrected chi connectivity index (χ1v) is 5.56. The predicted molar refractivity (Wildman–Crippen MR) is 58.4 cm³/mol. The van der Waals surface area contributed by atoms with E-state index >= 15 is 0 Å². The van der Waals surface area contributed by atoms with Gasteiger partial charge in [-0.2, -0.15) is 4.91 Å². The van der Waals surface area contributed by atoms with Gasteiger partial charge in [0.1, 0.15) is 12.1 Å². The molecule has 0 bridgehead atoms. The lowest BCUT2D eigenvalue weighted by atomic mass is 10.0. The maximum Gasteiger partial charge on any atom is 0.119 e. The molecular weight excluding hydrogens is 198 g/mol. The number of aliphatic hydroxyl groups excluding tert-OH is 1. The summed E-state index contributed by atoms with van der Waals surface area (Å²) in [6, 6.07) is 6.87. The molecule has 14 heavy (non-hydrogen) atoms. The van der Waals surface area contributed by atoms with E-state index in [1.54, 1.807) is 18.7 Å². The second-order valence-corrected chi connectivity index (χ2v) is 3.94. The van der Waals surface area contributed by atoms with Crippen molar-refractivity contribution in [3.63, 3.8) is 0 Å². The van der Waals surface area contributed by atoms with E-state index in [1.807, 2.05) is 30.5 Å². The Morgan fingerprint density at radius 2 is 1.93 bits per heavy atom. The summed E-state index contributed by atoms with van der Waals surface area (Å²) in [6.45, 7) is 1.60. The van der Waals surface area contributed by atoms with E-state index in [4.69, 9.17) is 0 Å². The smallest absolute Gasteiger partial charge is 0.119 e. The Hall–Kier alpha value is -0.870. The Labute approximate surface area is 87.5 Å². The quantitative estimate of drug-likeness (QED) is 0.615. The molecule has 0 radical (unpaired) electrons. The van der Waals surface area contributed by atoms with Crippen LogP contribution in [0.3, 0.4) is 0 Å². The minimum atomic E-state index is -0.802. The first kappa shape index (κ1) is 11.2. The van der Waals surface area contributed by atoms with Crippen LogP contribution in [0.15, 0.2) is 34.3 Å². The summed E-state index contributed by atoms with van der Waals surface area (Å²) < 4.78 is 0. The average Bonchev–Trinajstić information content (AvgIpc) is 2.27. The third-order valence-corrected chi connectivity index (χ3v) is 2.82. The molecule has 0 spiro atoms. The third kappa shape index (κ3) is 2.56. The summed E-state index contributed by atoms with van der Waals surface area (Å²) >= 11 is 1.64. The van der Waals surface area contributed by atoms with Gasteiger partial charge in [0, 0.05) is 4.90 Å². The Balaban J connectivity index is 2.80. The number of aliphatic hydroxyl groups is 1. The van der Waals surface area contributed by atoms with E-state index in [9.17, 15) is 10.0 Å². The van der Waals surface area contributed by atoms with Crippen molar-refractivity contribution in [1.29, 1.82) is 0 Å². The lowest BCUT2D eigenvalue weighted by molar-refractivity contribution is 0.153. The highest BCUT2D eigenvalue weighted by Gasteiger charge is 2.16. The summed E-state index contributed by atoms with van der Waals surface area (Å²) in [5.41, 5.74) is 0.731. The fourth-order valence-corrected chi connectivity index (χ4v) is 1.55. The van der Waals surface area contributed by atoms with Crippen molar-refractivity contribution >= 4 is 11.8 Å². The Kier molecular flexibility index (Phi) is 4.10. The first-order chi connectivity index (χ1) is 6.69. The number of rotatable bonds is 4. The normalized spacial score (nSPS) is 14.8. The van der Waals surface area contributed by atoms with Crippen LogP contribution in [0.4, 0.5) is 0 Å². The first-order valence-electron chi connectivity index (χ1n) is 4.33. The molecule has 0 amide bonds. The van der Waals surface area contributed by atoms with Gasteiger partial charge in [-0.25, -0.2) is 0 Å². The number of thioether (sulfide) groups is 1. The maximum absolute atomic E-state index is 10.2. The standard InChI is InChI=1S/C10H13NO2S/c1-7(11-13)10(12)8-3-5-9(14-2)6-4-8/h3-7,10,12H,1-2H3. The summed E-state index contributed by atoms with van der Waals surface area (Å²) in [4.78, 5) is 11.4. The lowest BCUT2D eigenvalue weighted by Crippen LogP contribution is -2.11. The number of hydrogen-bond donors (Lipinski definition) is 1. The monoisotopic (exact) mass is 211 g/mol. The van der Waals surface area contributed by atoms with Crippen molar-refractivity contribution in [3.8, 4) is 0 Å². The van der Waals surface area contributed by atoms with E-state index in [2.05, 4.69) is 5.18 Å². The predicted octanol–water partition coefficient (Wildman–Crippen LogP) is 2.60. The van der Waals surface area contributed by atoms with Crippen molar-refractivity contribution in [2.45, 2.75) is 24.0 Å². The van der Waals surface area contributed by atoms with Crippen molar-refractivity contribution in [1.82, 2.24) is 0 Å². The summed E-state index contributed by atoms with van der Waals surface area (Å²) in [5, 5.41) is 12.5. The van der Waals surface area contributed by atoms with Crippen LogP contribution in [0.25, 0.3) is 0 Å². The van der Waals surface area contributed by atoms with Gasteiger partial charge in [0.25, 0.3) is 0 Å². The summed E-state index contributed by atoms with van der Waals surface area (Å²) in [5.74, 6) is 0. The Bertz CT molecular complexity index is 299. The molecule has 0 fully saturated rings. The SMILES string of the molecule is CSc1ccc(C(O)C(C)N=O)cc1. The van der Waals surface area contributed by atoms with Gasteiger partial charge >= 0.3 is 0 Å². The van der Waals surface area contributed by atoms with Crippen molar-refractivity contribution in [2.75, 3.05) is 6.26 Å². The van der Waals surface area contributed by atoms with E-state index in [1.165, 1.54) is 0 Å². The van der Waals surface area contributed by atoms with Crippen LogP contribution in [0.5, 0.6) is 0 Å². The van der Waals surface area contributed by atoms with Gasteiger partial charge in [-0.3, -0.25) is 0 Å².